The molecular weight excluding hydrogens is 447 g/mol. The maximum Gasteiger partial charge on any atom is 0.258 e. The van der Waals surface area contributed by atoms with Gasteiger partial charge in [-0.15, -0.1) is 0 Å². The third-order valence-corrected chi connectivity index (χ3v) is 7.21. The van der Waals surface area contributed by atoms with Crippen LogP contribution in [0.3, 0.4) is 0 Å². The summed E-state index contributed by atoms with van der Waals surface area (Å²) in [7, 11) is -3.85. The lowest BCUT2D eigenvalue weighted by molar-refractivity contribution is 0.102. The van der Waals surface area contributed by atoms with E-state index in [2.05, 4.69) is 26.0 Å². The van der Waals surface area contributed by atoms with Gasteiger partial charge in [0.25, 0.3) is 5.91 Å². The molecule has 0 unspecified atom stereocenters. The lowest BCUT2D eigenvalue weighted by Crippen LogP contribution is -2.41. The van der Waals surface area contributed by atoms with Gasteiger partial charge in [-0.25, -0.2) is 17.5 Å². The lowest BCUT2D eigenvalue weighted by atomic mass is 9.87. The van der Waals surface area contributed by atoms with Gasteiger partial charge in [0.15, 0.2) is 0 Å². The van der Waals surface area contributed by atoms with Crippen LogP contribution in [0, 0.1) is 11.7 Å². The molecule has 0 bridgehead atoms. The van der Waals surface area contributed by atoms with Gasteiger partial charge in [0.05, 0.1) is 16.1 Å². The summed E-state index contributed by atoms with van der Waals surface area (Å²) in [6.07, 6.45) is 3.81. The first-order valence-corrected chi connectivity index (χ1v) is 11.4. The second-order valence-corrected chi connectivity index (χ2v) is 9.63. The Bertz CT molecular complexity index is 981. The van der Waals surface area contributed by atoms with E-state index in [1.165, 1.54) is 6.07 Å². The minimum atomic E-state index is -3.85. The molecule has 2 aromatic rings. The number of anilines is 1. The first-order valence-electron chi connectivity index (χ1n) is 9.15. The van der Waals surface area contributed by atoms with Crippen molar-refractivity contribution in [3.63, 3.8) is 0 Å². The van der Waals surface area contributed by atoms with Crippen LogP contribution in [0.15, 0.2) is 51.8 Å². The molecule has 0 aliphatic heterocycles. The van der Waals surface area contributed by atoms with Crippen molar-refractivity contribution in [2.75, 3.05) is 5.32 Å². The van der Waals surface area contributed by atoms with Crippen LogP contribution >= 0.6 is 15.9 Å². The summed E-state index contributed by atoms with van der Waals surface area (Å²) in [4.78, 5) is 12.4. The van der Waals surface area contributed by atoms with E-state index in [4.69, 9.17) is 0 Å². The van der Waals surface area contributed by atoms with E-state index < -0.39 is 21.7 Å². The average molecular weight is 469 g/mol. The molecule has 1 amide bonds. The topological polar surface area (TPSA) is 75.3 Å². The van der Waals surface area contributed by atoms with Crippen LogP contribution in [-0.2, 0) is 10.0 Å². The van der Waals surface area contributed by atoms with Gasteiger partial charge in [0, 0.05) is 10.5 Å². The number of hydrogen-bond acceptors (Lipinski definition) is 3. The summed E-state index contributed by atoms with van der Waals surface area (Å²) < 4.78 is 43.1. The largest absolute Gasteiger partial charge is 0.321 e. The van der Waals surface area contributed by atoms with Crippen molar-refractivity contribution in [1.29, 1.82) is 0 Å². The molecule has 5 nitrogen and oxygen atoms in total. The molecule has 28 heavy (non-hydrogen) atoms. The number of halogens is 2. The fourth-order valence-corrected chi connectivity index (χ4v) is 5.15. The molecule has 1 saturated carbocycles. The highest BCUT2D eigenvalue weighted by Crippen LogP contribution is 2.26. The van der Waals surface area contributed by atoms with Gasteiger partial charge in [0.2, 0.25) is 10.0 Å². The Morgan fingerprint density at radius 3 is 2.57 bits per heavy atom. The van der Waals surface area contributed by atoms with Crippen molar-refractivity contribution in [3.05, 3.63) is 58.3 Å². The summed E-state index contributed by atoms with van der Waals surface area (Å²) in [6, 6.07) is 10.0. The highest BCUT2D eigenvalue weighted by Gasteiger charge is 2.27. The van der Waals surface area contributed by atoms with Crippen molar-refractivity contribution >= 4 is 37.5 Å². The molecule has 0 aromatic heterocycles. The van der Waals surface area contributed by atoms with Crippen molar-refractivity contribution in [1.82, 2.24) is 4.72 Å². The van der Waals surface area contributed by atoms with Crippen LogP contribution in [-0.4, -0.2) is 20.4 Å². The van der Waals surface area contributed by atoms with Crippen molar-refractivity contribution in [3.8, 4) is 0 Å². The maximum atomic E-state index is 14.2. The number of nitrogens with one attached hydrogen (secondary N) is 2. The molecule has 1 aliphatic carbocycles. The van der Waals surface area contributed by atoms with Gasteiger partial charge in [0.1, 0.15) is 5.82 Å². The smallest absolute Gasteiger partial charge is 0.258 e. The molecule has 2 N–H and O–H groups in total. The SMILES string of the molecule is C[C@@H]1CCCC[C@@H]1NS(=O)(=O)c1ccc(F)c(C(=O)Nc2ccccc2Br)c1. The molecule has 0 saturated heterocycles. The van der Waals surface area contributed by atoms with Crippen LogP contribution in [0.25, 0.3) is 0 Å². The number of amides is 1. The maximum absolute atomic E-state index is 14.2. The molecule has 3 rings (SSSR count). The number of carbonyl (C=O) groups is 1. The standard InChI is InChI=1S/C20H22BrFN2O3S/c1-13-6-2-4-8-18(13)24-28(26,27)14-10-11-17(22)15(12-14)20(25)23-19-9-5-3-7-16(19)21/h3,5,7,9-13,18,24H,2,4,6,8H2,1H3,(H,23,25)/t13-,18+/m1/s1. The number of hydrogen-bond donors (Lipinski definition) is 2. The van der Waals surface area contributed by atoms with Crippen LogP contribution in [0.4, 0.5) is 10.1 Å². The second kappa shape index (κ2) is 8.71. The Morgan fingerprint density at radius 1 is 1.14 bits per heavy atom. The molecule has 2 atom stereocenters. The lowest BCUT2D eigenvalue weighted by Gasteiger charge is -2.29. The predicted molar refractivity (Wildman–Crippen MR) is 110 cm³/mol. The molecule has 1 fully saturated rings. The van der Waals surface area contributed by atoms with Gasteiger partial charge >= 0.3 is 0 Å². The normalized spacial score (nSPS) is 20.0. The van der Waals surface area contributed by atoms with Crippen molar-refractivity contribution < 1.29 is 17.6 Å². The van der Waals surface area contributed by atoms with Gasteiger partial charge in [-0.05, 0) is 65.0 Å². The highest BCUT2D eigenvalue weighted by molar-refractivity contribution is 9.10. The molecule has 8 heteroatoms. The first-order chi connectivity index (χ1) is 13.3. The Hall–Kier alpha value is -1.77. The fraction of sp³-hybridized carbons (Fsp3) is 0.350. The molecule has 0 radical (unpaired) electrons. The summed E-state index contributed by atoms with van der Waals surface area (Å²) in [5.74, 6) is -1.26. The Balaban J connectivity index is 1.84. The first kappa shape index (κ1) is 21.0. The summed E-state index contributed by atoms with van der Waals surface area (Å²) in [5, 5.41) is 2.59. The zero-order valence-corrected chi connectivity index (χ0v) is 17.8. The van der Waals surface area contributed by atoms with E-state index in [9.17, 15) is 17.6 Å². The minimum absolute atomic E-state index is 0.121. The highest BCUT2D eigenvalue weighted by atomic mass is 79.9. The van der Waals surface area contributed by atoms with E-state index in [0.717, 1.165) is 37.8 Å². The molecule has 0 heterocycles. The number of sulfonamides is 1. The molecule has 0 spiro atoms. The number of benzene rings is 2. The van der Waals surface area contributed by atoms with Gasteiger partial charge in [-0.3, -0.25) is 4.79 Å². The van der Waals surface area contributed by atoms with Crippen LogP contribution in [0.1, 0.15) is 43.0 Å². The van der Waals surface area contributed by atoms with E-state index in [-0.39, 0.29) is 22.4 Å². The Labute approximate surface area is 172 Å². The number of rotatable bonds is 5. The van der Waals surface area contributed by atoms with Crippen molar-refractivity contribution in [2.45, 2.75) is 43.5 Å². The zero-order valence-electron chi connectivity index (χ0n) is 15.4. The van der Waals surface area contributed by atoms with Gasteiger partial charge in [-0.2, -0.15) is 0 Å². The van der Waals surface area contributed by atoms with Crippen LogP contribution in [0.5, 0.6) is 0 Å². The Kier molecular flexibility index (Phi) is 6.52. The van der Waals surface area contributed by atoms with E-state index >= 15 is 0 Å². The molecule has 1 aliphatic rings. The van der Waals surface area contributed by atoms with E-state index in [0.29, 0.717) is 10.2 Å². The van der Waals surface area contributed by atoms with E-state index in [1.54, 1.807) is 24.3 Å². The summed E-state index contributed by atoms with van der Waals surface area (Å²) in [6.45, 7) is 2.02. The summed E-state index contributed by atoms with van der Waals surface area (Å²) >= 11 is 3.31. The molecular formula is C20H22BrFN2O3S. The quantitative estimate of drug-likeness (QED) is 0.667. The summed E-state index contributed by atoms with van der Waals surface area (Å²) in [5.41, 5.74) is 0.143. The minimum Gasteiger partial charge on any atom is -0.321 e. The average Bonchev–Trinajstić information content (AvgIpc) is 2.65. The molecule has 2 aromatic carbocycles. The molecule has 150 valence electrons. The Morgan fingerprint density at radius 2 is 1.86 bits per heavy atom. The van der Waals surface area contributed by atoms with E-state index in [1.807, 2.05) is 6.92 Å². The number of para-hydroxylation sites is 1. The third-order valence-electron chi connectivity index (χ3n) is 5.03. The van der Waals surface area contributed by atoms with Crippen LogP contribution < -0.4 is 10.0 Å². The zero-order chi connectivity index (χ0) is 20.3. The fourth-order valence-electron chi connectivity index (χ4n) is 3.36. The third kappa shape index (κ3) is 4.79. The van der Waals surface area contributed by atoms with Crippen LogP contribution in [0.2, 0.25) is 0 Å². The monoisotopic (exact) mass is 468 g/mol. The second-order valence-electron chi connectivity index (χ2n) is 7.07. The predicted octanol–water partition coefficient (Wildman–Crippen LogP) is 4.70. The van der Waals surface area contributed by atoms with Gasteiger partial charge in [-0.1, -0.05) is 31.9 Å². The van der Waals surface area contributed by atoms with Gasteiger partial charge < -0.3 is 5.32 Å². The van der Waals surface area contributed by atoms with Crippen molar-refractivity contribution in [2.24, 2.45) is 5.92 Å². The number of carbonyl (C=O) groups excluding carboxylic acids is 1.